The number of nitrogens with zero attached hydrogens (tertiary/aromatic N) is 1. The molecule has 0 atom stereocenters. The van der Waals surface area contributed by atoms with Crippen molar-refractivity contribution in [2.75, 3.05) is 7.11 Å². The van der Waals surface area contributed by atoms with Gasteiger partial charge in [-0.05, 0) is 44.7 Å². The second-order valence-corrected chi connectivity index (χ2v) is 8.00. The molecule has 0 bridgehead atoms. The Morgan fingerprint density at radius 3 is 2.71 bits per heavy atom. The first kappa shape index (κ1) is 21.2. The molecule has 31 heavy (non-hydrogen) atoms. The Hall–Kier alpha value is -2.99. The Labute approximate surface area is 186 Å². The third-order valence-corrected chi connectivity index (χ3v) is 5.85. The molecule has 0 radical (unpaired) electrons. The monoisotopic (exact) mass is 440 g/mol. The SMILES string of the molecule is COc1cccc(CNC(=O)c2c(-c3ccccc3Cl)noc2C)c1OC1CCCC1. The normalized spacial score (nSPS) is 13.9. The Morgan fingerprint density at radius 2 is 1.97 bits per heavy atom. The first-order valence-corrected chi connectivity index (χ1v) is 10.8. The topological polar surface area (TPSA) is 73.6 Å². The maximum absolute atomic E-state index is 13.1. The summed E-state index contributed by atoms with van der Waals surface area (Å²) in [6.45, 7) is 1.99. The fourth-order valence-electron chi connectivity index (χ4n) is 3.91. The first-order chi connectivity index (χ1) is 15.1. The molecule has 162 valence electrons. The number of amides is 1. The predicted octanol–water partition coefficient (Wildman–Crippen LogP) is 5.56. The lowest BCUT2D eigenvalue weighted by atomic mass is 10.1. The van der Waals surface area contributed by atoms with Crippen molar-refractivity contribution >= 4 is 17.5 Å². The minimum absolute atomic E-state index is 0.179. The molecule has 0 saturated heterocycles. The van der Waals surface area contributed by atoms with E-state index >= 15 is 0 Å². The number of halogens is 1. The van der Waals surface area contributed by atoms with Crippen LogP contribution in [0.4, 0.5) is 0 Å². The molecule has 0 aliphatic heterocycles. The third kappa shape index (κ3) is 4.54. The quantitative estimate of drug-likeness (QED) is 0.520. The van der Waals surface area contributed by atoms with Gasteiger partial charge in [0.15, 0.2) is 11.5 Å². The molecule has 1 N–H and O–H groups in total. The van der Waals surface area contributed by atoms with Crippen LogP contribution in [0.1, 0.15) is 47.4 Å². The van der Waals surface area contributed by atoms with Crippen LogP contribution in [-0.2, 0) is 6.54 Å². The Kier molecular flexibility index (Phi) is 6.47. The molecular weight excluding hydrogens is 416 g/mol. The summed E-state index contributed by atoms with van der Waals surface area (Å²) in [5, 5.41) is 7.55. The van der Waals surface area contributed by atoms with E-state index < -0.39 is 0 Å². The summed E-state index contributed by atoms with van der Waals surface area (Å²) in [5.41, 5.74) is 2.30. The smallest absolute Gasteiger partial charge is 0.257 e. The third-order valence-electron chi connectivity index (χ3n) is 5.53. The van der Waals surface area contributed by atoms with E-state index in [4.69, 9.17) is 25.6 Å². The van der Waals surface area contributed by atoms with Gasteiger partial charge in [-0.3, -0.25) is 4.79 Å². The summed E-state index contributed by atoms with van der Waals surface area (Å²) in [4.78, 5) is 13.1. The molecule has 1 aliphatic rings. The summed E-state index contributed by atoms with van der Waals surface area (Å²) in [6.07, 6.45) is 4.58. The highest BCUT2D eigenvalue weighted by Crippen LogP contribution is 2.35. The number of benzene rings is 2. The highest BCUT2D eigenvalue weighted by molar-refractivity contribution is 6.33. The van der Waals surface area contributed by atoms with E-state index in [-0.39, 0.29) is 18.6 Å². The molecule has 1 aromatic heterocycles. The van der Waals surface area contributed by atoms with Crippen molar-refractivity contribution < 1.29 is 18.8 Å². The second-order valence-electron chi connectivity index (χ2n) is 7.60. The highest BCUT2D eigenvalue weighted by atomic mass is 35.5. The van der Waals surface area contributed by atoms with Crippen LogP contribution < -0.4 is 14.8 Å². The summed E-state index contributed by atoms with van der Waals surface area (Å²) in [6, 6.07) is 12.9. The molecule has 1 heterocycles. The van der Waals surface area contributed by atoms with Crippen molar-refractivity contribution in [3.63, 3.8) is 0 Å². The van der Waals surface area contributed by atoms with Crippen molar-refractivity contribution in [2.24, 2.45) is 0 Å². The molecule has 0 unspecified atom stereocenters. The maximum Gasteiger partial charge on any atom is 0.257 e. The molecule has 1 amide bonds. The van der Waals surface area contributed by atoms with Crippen LogP contribution in [0.3, 0.4) is 0 Å². The van der Waals surface area contributed by atoms with Crippen LogP contribution in [0.25, 0.3) is 11.3 Å². The van der Waals surface area contributed by atoms with Gasteiger partial charge in [0.1, 0.15) is 17.0 Å². The van der Waals surface area contributed by atoms with Crippen LogP contribution in [0.15, 0.2) is 47.0 Å². The Bertz CT molecular complexity index is 1070. The summed E-state index contributed by atoms with van der Waals surface area (Å²) in [7, 11) is 1.62. The van der Waals surface area contributed by atoms with Crippen molar-refractivity contribution in [2.45, 2.75) is 45.3 Å². The predicted molar refractivity (Wildman–Crippen MR) is 119 cm³/mol. The van der Waals surface area contributed by atoms with E-state index in [0.29, 0.717) is 39.1 Å². The van der Waals surface area contributed by atoms with E-state index in [2.05, 4.69) is 10.5 Å². The zero-order chi connectivity index (χ0) is 21.8. The number of nitrogens with one attached hydrogen (secondary N) is 1. The van der Waals surface area contributed by atoms with E-state index in [1.54, 1.807) is 20.1 Å². The van der Waals surface area contributed by atoms with Gasteiger partial charge < -0.3 is 19.3 Å². The zero-order valence-corrected chi connectivity index (χ0v) is 18.4. The van der Waals surface area contributed by atoms with Crippen LogP contribution in [-0.4, -0.2) is 24.3 Å². The van der Waals surface area contributed by atoms with Gasteiger partial charge in [-0.25, -0.2) is 0 Å². The molecule has 4 rings (SSSR count). The maximum atomic E-state index is 13.1. The second kappa shape index (κ2) is 9.43. The van der Waals surface area contributed by atoms with Gasteiger partial charge in [-0.2, -0.15) is 0 Å². The lowest BCUT2D eigenvalue weighted by Gasteiger charge is -2.19. The zero-order valence-electron chi connectivity index (χ0n) is 17.6. The molecule has 6 nitrogen and oxygen atoms in total. The van der Waals surface area contributed by atoms with Crippen molar-refractivity contribution in [3.8, 4) is 22.8 Å². The molecule has 2 aromatic carbocycles. The van der Waals surface area contributed by atoms with Gasteiger partial charge in [0.05, 0.1) is 18.2 Å². The van der Waals surface area contributed by atoms with Crippen molar-refractivity contribution in [1.82, 2.24) is 10.5 Å². The summed E-state index contributed by atoms with van der Waals surface area (Å²) < 4.78 is 17.1. The number of hydrogen-bond acceptors (Lipinski definition) is 5. The van der Waals surface area contributed by atoms with Crippen LogP contribution >= 0.6 is 11.6 Å². The number of carbonyl (C=O) groups excluding carboxylic acids is 1. The number of ether oxygens (including phenoxy) is 2. The summed E-state index contributed by atoms with van der Waals surface area (Å²) in [5.74, 6) is 1.49. The molecule has 1 aliphatic carbocycles. The minimum Gasteiger partial charge on any atom is -0.493 e. The van der Waals surface area contributed by atoms with Crippen molar-refractivity contribution in [1.29, 1.82) is 0 Å². The van der Waals surface area contributed by atoms with E-state index in [1.807, 2.05) is 36.4 Å². The average molecular weight is 441 g/mol. The van der Waals surface area contributed by atoms with E-state index in [9.17, 15) is 4.79 Å². The average Bonchev–Trinajstić information content (AvgIpc) is 3.42. The van der Waals surface area contributed by atoms with Crippen LogP contribution in [0.5, 0.6) is 11.5 Å². The minimum atomic E-state index is -0.289. The first-order valence-electron chi connectivity index (χ1n) is 10.4. The van der Waals surface area contributed by atoms with Gasteiger partial charge in [0, 0.05) is 17.7 Å². The summed E-state index contributed by atoms with van der Waals surface area (Å²) >= 11 is 6.31. The van der Waals surface area contributed by atoms with Gasteiger partial charge >= 0.3 is 0 Å². The fourth-order valence-corrected chi connectivity index (χ4v) is 4.13. The molecular formula is C24H25ClN2O4. The fraction of sp³-hybridized carbons (Fsp3) is 0.333. The molecule has 0 spiro atoms. The molecule has 1 fully saturated rings. The number of methoxy groups -OCH3 is 1. The van der Waals surface area contributed by atoms with E-state index in [1.165, 1.54) is 12.8 Å². The molecule has 7 heteroatoms. The molecule has 1 saturated carbocycles. The van der Waals surface area contributed by atoms with Crippen LogP contribution in [0.2, 0.25) is 5.02 Å². The number of carbonyl (C=O) groups is 1. The van der Waals surface area contributed by atoms with Gasteiger partial charge in [-0.1, -0.05) is 47.1 Å². The van der Waals surface area contributed by atoms with Gasteiger partial charge in [0.2, 0.25) is 0 Å². The number of rotatable bonds is 7. The number of hydrogen-bond donors (Lipinski definition) is 1. The standard InChI is InChI=1S/C24H25ClN2O4/c1-15-21(22(27-31-15)18-11-5-6-12-19(18)25)24(28)26-14-16-8-7-13-20(29-2)23(16)30-17-9-3-4-10-17/h5-8,11-13,17H,3-4,9-10,14H2,1-2H3,(H,26,28). The number of aryl methyl sites for hydroxylation is 1. The molecule has 3 aromatic rings. The number of aromatic nitrogens is 1. The van der Waals surface area contributed by atoms with Gasteiger partial charge in [0.25, 0.3) is 5.91 Å². The Morgan fingerprint density at radius 1 is 1.19 bits per heavy atom. The number of para-hydroxylation sites is 1. The largest absolute Gasteiger partial charge is 0.493 e. The lowest BCUT2D eigenvalue weighted by molar-refractivity contribution is 0.0949. The van der Waals surface area contributed by atoms with Crippen molar-refractivity contribution in [3.05, 3.63) is 64.4 Å². The highest BCUT2D eigenvalue weighted by Gasteiger charge is 2.24. The Balaban J connectivity index is 1.56. The lowest BCUT2D eigenvalue weighted by Crippen LogP contribution is -2.24. The van der Waals surface area contributed by atoms with Gasteiger partial charge in [-0.15, -0.1) is 0 Å². The van der Waals surface area contributed by atoms with E-state index in [0.717, 1.165) is 18.4 Å². The van der Waals surface area contributed by atoms with Crippen LogP contribution in [0, 0.1) is 6.92 Å².